The maximum atomic E-state index is 13.2. The van der Waals surface area contributed by atoms with E-state index in [2.05, 4.69) is 86.8 Å². The van der Waals surface area contributed by atoms with Gasteiger partial charge in [0, 0.05) is 6.42 Å². The molecule has 0 bridgehead atoms. The van der Waals surface area contributed by atoms with E-state index in [0.29, 0.717) is 19.3 Å². The number of allylic oxidation sites excluding steroid dienone is 10. The second-order valence-electron chi connectivity index (χ2n) is 18.7. The van der Waals surface area contributed by atoms with Crippen molar-refractivity contribution in [2.24, 2.45) is 0 Å². The number of ether oxygens (including phenoxy) is 1. The quantitative estimate of drug-likeness (QED) is 0.0245. The van der Waals surface area contributed by atoms with Crippen LogP contribution in [0.1, 0.15) is 271 Å². The second kappa shape index (κ2) is 51.5. The predicted molar refractivity (Wildman–Crippen MR) is 278 cm³/mol. The zero-order valence-corrected chi connectivity index (χ0v) is 42.4. The molecule has 0 aliphatic carbocycles. The lowest BCUT2D eigenvalue weighted by Gasteiger charge is -2.24. The molecule has 0 aromatic carbocycles. The summed E-state index contributed by atoms with van der Waals surface area (Å²) in [4.78, 5) is 26.2. The normalized spacial score (nSPS) is 13.6. The monoisotopic (exact) mass is 896 g/mol. The molecule has 0 aromatic heterocycles. The van der Waals surface area contributed by atoms with Crippen LogP contribution in [0, 0.1) is 0 Å². The van der Waals surface area contributed by atoms with Crippen molar-refractivity contribution in [1.82, 2.24) is 5.32 Å². The Balaban J connectivity index is 4.50. The first-order valence-corrected chi connectivity index (χ1v) is 27.6. The molecular formula is C58H105NO5. The smallest absolute Gasteiger partial charge is 0.306 e. The molecule has 6 heteroatoms. The molecule has 0 rings (SSSR count). The minimum absolute atomic E-state index is 0.0561. The van der Waals surface area contributed by atoms with Crippen molar-refractivity contribution >= 4 is 11.9 Å². The van der Waals surface area contributed by atoms with Crippen molar-refractivity contribution in [3.63, 3.8) is 0 Å². The Labute approximate surface area is 397 Å². The van der Waals surface area contributed by atoms with Crippen LogP contribution >= 0.6 is 0 Å². The SMILES string of the molecule is CCCCC/C=C\CCCCCC(CC(=O)NC(CO)C(O)CCCCCCCCCCCCCCCCCCC)OC(=O)CCCCCCC/C=C/C=C/C=C/C=C/CCCCC. The minimum atomic E-state index is -0.797. The van der Waals surface area contributed by atoms with E-state index in [1.165, 1.54) is 128 Å². The summed E-state index contributed by atoms with van der Waals surface area (Å²) in [6.07, 6.45) is 64.2. The van der Waals surface area contributed by atoms with E-state index in [0.717, 1.165) is 96.3 Å². The van der Waals surface area contributed by atoms with Crippen molar-refractivity contribution in [2.75, 3.05) is 6.61 Å². The van der Waals surface area contributed by atoms with Gasteiger partial charge in [0.1, 0.15) is 6.10 Å². The largest absolute Gasteiger partial charge is 0.462 e. The highest BCUT2D eigenvalue weighted by Crippen LogP contribution is 2.18. The molecule has 372 valence electrons. The summed E-state index contributed by atoms with van der Waals surface area (Å²) in [5.74, 6) is -0.513. The van der Waals surface area contributed by atoms with Gasteiger partial charge in [-0.05, 0) is 77.0 Å². The third-order valence-corrected chi connectivity index (χ3v) is 12.4. The van der Waals surface area contributed by atoms with Gasteiger partial charge >= 0.3 is 5.97 Å². The Morgan fingerprint density at radius 2 is 0.812 bits per heavy atom. The van der Waals surface area contributed by atoms with Crippen LogP contribution in [0.25, 0.3) is 0 Å². The Hall–Kier alpha value is -2.44. The number of aliphatic hydroxyl groups excluding tert-OH is 2. The van der Waals surface area contributed by atoms with Gasteiger partial charge in [0.15, 0.2) is 0 Å². The number of unbranched alkanes of at least 4 members (excludes halogenated alkanes) is 30. The number of esters is 1. The fourth-order valence-corrected chi connectivity index (χ4v) is 8.20. The highest BCUT2D eigenvalue weighted by atomic mass is 16.5. The van der Waals surface area contributed by atoms with Gasteiger partial charge in [0.05, 0.1) is 25.2 Å². The molecule has 3 unspecified atom stereocenters. The van der Waals surface area contributed by atoms with Crippen molar-refractivity contribution in [1.29, 1.82) is 0 Å². The highest BCUT2D eigenvalue weighted by molar-refractivity contribution is 5.77. The highest BCUT2D eigenvalue weighted by Gasteiger charge is 2.24. The van der Waals surface area contributed by atoms with Gasteiger partial charge in [-0.3, -0.25) is 9.59 Å². The van der Waals surface area contributed by atoms with Gasteiger partial charge < -0.3 is 20.3 Å². The summed E-state index contributed by atoms with van der Waals surface area (Å²) < 4.78 is 5.92. The number of rotatable bonds is 49. The van der Waals surface area contributed by atoms with Gasteiger partial charge in [-0.15, -0.1) is 0 Å². The van der Waals surface area contributed by atoms with Crippen molar-refractivity contribution in [2.45, 2.75) is 289 Å². The van der Waals surface area contributed by atoms with E-state index in [1.807, 2.05) is 0 Å². The van der Waals surface area contributed by atoms with Gasteiger partial charge in [0.25, 0.3) is 0 Å². The van der Waals surface area contributed by atoms with Crippen LogP contribution in [-0.4, -0.2) is 46.9 Å². The fraction of sp³-hybridized carbons (Fsp3) is 0.793. The number of amides is 1. The number of nitrogens with one attached hydrogen (secondary N) is 1. The Morgan fingerprint density at radius 1 is 0.453 bits per heavy atom. The van der Waals surface area contributed by atoms with Crippen LogP contribution in [0.15, 0.2) is 60.8 Å². The van der Waals surface area contributed by atoms with Gasteiger partial charge in [-0.2, -0.15) is 0 Å². The molecule has 0 aromatic rings. The van der Waals surface area contributed by atoms with E-state index in [4.69, 9.17) is 4.74 Å². The molecule has 0 radical (unpaired) electrons. The van der Waals surface area contributed by atoms with E-state index >= 15 is 0 Å². The lowest BCUT2D eigenvalue weighted by Crippen LogP contribution is -2.46. The lowest BCUT2D eigenvalue weighted by molar-refractivity contribution is -0.151. The van der Waals surface area contributed by atoms with Crippen molar-refractivity contribution < 1.29 is 24.5 Å². The molecule has 0 heterocycles. The van der Waals surface area contributed by atoms with E-state index in [-0.39, 0.29) is 24.9 Å². The van der Waals surface area contributed by atoms with E-state index in [9.17, 15) is 19.8 Å². The number of aliphatic hydroxyl groups is 2. The van der Waals surface area contributed by atoms with Crippen LogP contribution in [0.2, 0.25) is 0 Å². The van der Waals surface area contributed by atoms with Gasteiger partial charge in [-0.1, -0.05) is 242 Å². The first kappa shape index (κ1) is 61.6. The third kappa shape index (κ3) is 46.1. The summed E-state index contributed by atoms with van der Waals surface area (Å²) >= 11 is 0. The summed E-state index contributed by atoms with van der Waals surface area (Å²) in [6, 6.07) is -0.712. The molecule has 0 spiro atoms. The maximum absolute atomic E-state index is 13.2. The van der Waals surface area contributed by atoms with Crippen LogP contribution in [0.3, 0.4) is 0 Å². The Bertz CT molecular complexity index is 1140. The minimum Gasteiger partial charge on any atom is -0.462 e. The van der Waals surface area contributed by atoms with Crippen LogP contribution in [-0.2, 0) is 14.3 Å². The number of hydrogen-bond donors (Lipinski definition) is 3. The average molecular weight is 896 g/mol. The zero-order valence-electron chi connectivity index (χ0n) is 42.4. The van der Waals surface area contributed by atoms with Gasteiger partial charge in [-0.25, -0.2) is 0 Å². The predicted octanol–water partition coefficient (Wildman–Crippen LogP) is 16.8. The molecule has 64 heavy (non-hydrogen) atoms. The fourth-order valence-electron chi connectivity index (χ4n) is 8.20. The Morgan fingerprint density at radius 3 is 1.30 bits per heavy atom. The molecule has 0 fully saturated rings. The van der Waals surface area contributed by atoms with Crippen LogP contribution in [0.5, 0.6) is 0 Å². The second-order valence-corrected chi connectivity index (χ2v) is 18.7. The third-order valence-electron chi connectivity index (χ3n) is 12.4. The summed E-state index contributed by atoms with van der Waals surface area (Å²) in [7, 11) is 0. The number of hydrogen-bond acceptors (Lipinski definition) is 5. The molecular weight excluding hydrogens is 791 g/mol. The summed E-state index contributed by atoms with van der Waals surface area (Å²) in [5.41, 5.74) is 0. The summed E-state index contributed by atoms with van der Waals surface area (Å²) in [6.45, 7) is 6.42. The molecule has 0 saturated heterocycles. The molecule has 0 aliphatic heterocycles. The standard InChI is InChI=1S/C58H105NO5/c1-4-7-10-13-16-19-22-24-26-28-30-32-34-36-39-42-45-48-51-58(63)64-54(49-46-43-40-37-21-18-15-12-9-6-3)52-57(62)59-55(53-60)56(61)50-47-44-41-38-35-33-31-29-27-25-23-20-17-14-11-8-5-2/h16,18-19,21-22,24,26,28,30,32,54-56,60-61H,4-15,17,20,23,25,27,29,31,33-53H2,1-3H3,(H,59,62)/b19-16+,21-18-,24-22+,28-26+,32-30+. The summed E-state index contributed by atoms with van der Waals surface area (Å²) in [5, 5.41) is 23.8. The maximum Gasteiger partial charge on any atom is 0.306 e. The molecule has 0 aliphatic rings. The number of carbonyl (C=O) groups is 2. The first-order valence-electron chi connectivity index (χ1n) is 27.6. The number of carbonyl (C=O) groups excluding carboxylic acids is 2. The van der Waals surface area contributed by atoms with E-state index in [1.54, 1.807) is 0 Å². The molecule has 1 amide bonds. The molecule has 6 nitrogen and oxygen atoms in total. The lowest BCUT2D eigenvalue weighted by atomic mass is 10.0. The molecule has 3 atom stereocenters. The Kier molecular flexibility index (Phi) is 49.6. The zero-order chi connectivity index (χ0) is 46.7. The van der Waals surface area contributed by atoms with Crippen LogP contribution < -0.4 is 5.32 Å². The van der Waals surface area contributed by atoms with E-state index < -0.39 is 18.2 Å². The van der Waals surface area contributed by atoms with Gasteiger partial charge in [0.2, 0.25) is 5.91 Å². The molecule has 0 saturated carbocycles. The molecule has 3 N–H and O–H groups in total. The van der Waals surface area contributed by atoms with Crippen molar-refractivity contribution in [3.8, 4) is 0 Å². The topological polar surface area (TPSA) is 95.9 Å². The average Bonchev–Trinajstić information content (AvgIpc) is 3.29. The first-order chi connectivity index (χ1) is 31.5. The van der Waals surface area contributed by atoms with Crippen molar-refractivity contribution in [3.05, 3.63) is 60.8 Å². The van der Waals surface area contributed by atoms with Crippen LogP contribution in [0.4, 0.5) is 0 Å².